The molecule has 320 valence electrons. The molecular formula is C42H44FN13O5S. The zero-order valence-corrected chi connectivity index (χ0v) is 34.8. The number of nitrogens with zero attached hydrogens (tertiary/aromatic N) is 9. The first-order valence-corrected chi connectivity index (χ1v) is 21.0. The van der Waals surface area contributed by atoms with Gasteiger partial charge in [0.15, 0.2) is 10.8 Å². The molecule has 6 aromatic rings. The average molecular weight is 862 g/mol. The first-order chi connectivity index (χ1) is 30.0. The standard InChI is InChI=1S/C42H44FN13O5S/c1-26-41(56(60)61)62-42(47-26)50-40(59)31-12-11-30(23-33(31)48-27(2)57)44-15-16-45-39(58)25-52-18-20-53(21-19-52)37-10-4-8-32(49-37)35-24-46-36-13-14-38(51-55(35)36)54-17-5-9-34(54)28-6-3-7-29(43)22-28/h3-4,6-8,10-14,22-24,34,44H,5,9,15-21,25H2,1-2H3,(H,45,58)(H,48,57)(H,47,50,59)/t34-/m1/s1. The van der Waals surface area contributed by atoms with Gasteiger partial charge in [-0.15, -0.1) is 5.10 Å². The Morgan fingerprint density at radius 1 is 0.935 bits per heavy atom. The number of thiazole rings is 1. The van der Waals surface area contributed by atoms with Crippen molar-refractivity contribution >= 4 is 67.8 Å². The molecule has 0 saturated carbocycles. The van der Waals surface area contributed by atoms with Crippen molar-refractivity contribution in [1.29, 1.82) is 0 Å². The molecule has 0 spiro atoms. The van der Waals surface area contributed by atoms with Crippen LogP contribution in [0.1, 0.15) is 47.4 Å². The molecule has 2 fully saturated rings. The van der Waals surface area contributed by atoms with Crippen LogP contribution in [0.15, 0.2) is 79.0 Å². The SMILES string of the molecule is CC(=O)Nc1cc(NCCNC(=O)CN2CCN(c3cccc(-c4cnc5ccc(N6CCC[C@@H]6c6cccc(F)c6)nn45)n3)CC2)ccc1C(=O)Nc1nc(C)c([N+](=O)[O-])s1. The lowest BCUT2D eigenvalue weighted by Gasteiger charge is -2.35. The summed E-state index contributed by atoms with van der Waals surface area (Å²) in [7, 11) is 0. The van der Waals surface area contributed by atoms with Crippen molar-refractivity contribution in [1.82, 2.24) is 34.8 Å². The molecule has 0 bridgehead atoms. The first-order valence-electron chi connectivity index (χ1n) is 20.2. The van der Waals surface area contributed by atoms with E-state index in [1.54, 1.807) is 30.5 Å². The van der Waals surface area contributed by atoms with Crippen LogP contribution in [0.25, 0.3) is 17.0 Å². The number of halogens is 1. The van der Waals surface area contributed by atoms with Gasteiger partial charge in [-0.1, -0.05) is 18.2 Å². The average Bonchev–Trinajstić information content (AvgIpc) is 4.01. The molecule has 18 nitrogen and oxygen atoms in total. The molecule has 1 atom stereocenters. The number of anilines is 5. The molecule has 0 unspecified atom stereocenters. The van der Waals surface area contributed by atoms with Crippen molar-refractivity contribution in [2.45, 2.75) is 32.7 Å². The van der Waals surface area contributed by atoms with Crippen LogP contribution in [-0.4, -0.2) is 104 Å². The van der Waals surface area contributed by atoms with E-state index in [2.05, 4.69) is 45.9 Å². The van der Waals surface area contributed by atoms with Gasteiger partial charge >= 0.3 is 5.00 Å². The van der Waals surface area contributed by atoms with Gasteiger partial charge < -0.3 is 25.8 Å². The molecule has 3 amide bonds. The molecule has 4 N–H and O–H groups in total. The van der Waals surface area contributed by atoms with Gasteiger partial charge in [0.1, 0.15) is 28.8 Å². The van der Waals surface area contributed by atoms with Crippen molar-refractivity contribution in [3.8, 4) is 11.4 Å². The number of rotatable bonds is 14. The van der Waals surface area contributed by atoms with Crippen LogP contribution in [0.4, 0.5) is 37.5 Å². The Balaban J connectivity index is 0.819. The molecule has 8 rings (SSSR count). The van der Waals surface area contributed by atoms with Crippen molar-refractivity contribution in [3.63, 3.8) is 0 Å². The topological polar surface area (TPSA) is 208 Å². The Morgan fingerprint density at radius 2 is 1.76 bits per heavy atom. The van der Waals surface area contributed by atoms with Crippen LogP contribution in [0.2, 0.25) is 0 Å². The molecule has 62 heavy (non-hydrogen) atoms. The summed E-state index contributed by atoms with van der Waals surface area (Å²) in [5.41, 5.74) is 4.32. The highest BCUT2D eigenvalue weighted by Crippen LogP contribution is 2.36. The Morgan fingerprint density at radius 3 is 2.53 bits per heavy atom. The van der Waals surface area contributed by atoms with Gasteiger partial charge in [-0.05, 0) is 91.3 Å². The molecule has 2 aliphatic rings. The van der Waals surface area contributed by atoms with Gasteiger partial charge in [0, 0.05) is 58.4 Å². The highest BCUT2D eigenvalue weighted by molar-refractivity contribution is 7.19. The minimum absolute atomic E-state index is 0.0375. The number of nitro groups is 1. The smallest absolute Gasteiger partial charge is 0.348 e. The van der Waals surface area contributed by atoms with E-state index in [1.165, 1.54) is 26.0 Å². The van der Waals surface area contributed by atoms with E-state index in [-0.39, 0.29) is 57.3 Å². The number of carbonyl (C=O) groups excluding carboxylic acids is 3. The Hall–Kier alpha value is -7.06. The lowest BCUT2D eigenvalue weighted by molar-refractivity contribution is -0.380. The number of nitrogens with one attached hydrogen (secondary N) is 4. The van der Waals surface area contributed by atoms with E-state index in [0.717, 1.165) is 59.3 Å². The number of fused-ring (bicyclic) bond motifs is 1. The summed E-state index contributed by atoms with van der Waals surface area (Å²) in [6.07, 6.45) is 3.68. The van der Waals surface area contributed by atoms with Gasteiger partial charge in [0.05, 0.1) is 40.7 Å². The molecule has 0 aliphatic carbocycles. The van der Waals surface area contributed by atoms with E-state index in [1.807, 2.05) is 40.9 Å². The minimum atomic E-state index is -0.589. The van der Waals surface area contributed by atoms with Crippen molar-refractivity contribution in [2.75, 3.05) is 78.1 Å². The lowest BCUT2D eigenvalue weighted by Crippen LogP contribution is -2.50. The lowest BCUT2D eigenvalue weighted by atomic mass is 10.0. The zero-order valence-electron chi connectivity index (χ0n) is 34.0. The van der Waals surface area contributed by atoms with Gasteiger partial charge in [-0.25, -0.2) is 23.9 Å². The van der Waals surface area contributed by atoms with Crippen LogP contribution < -0.4 is 31.1 Å². The number of hydrogen-bond acceptors (Lipinski definition) is 14. The van der Waals surface area contributed by atoms with E-state index >= 15 is 0 Å². The summed E-state index contributed by atoms with van der Waals surface area (Å²) in [6.45, 7) is 7.30. The van der Waals surface area contributed by atoms with Gasteiger partial charge in [-0.2, -0.15) is 0 Å². The number of aromatic nitrogens is 5. The minimum Gasteiger partial charge on any atom is -0.383 e. The molecule has 20 heteroatoms. The fraction of sp³-hybridized carbons (Fsp3) is 0.310. The van der Waals surface area contributed by atoms with Crippen LogP contribution in [0.3, 0.4) is 0 Å². The highest BCUT2D eigenvalue weighted by Gasteiger charge is 2.29. The van der Waals surface area contributed by atoms with Crippen molar-refractivity contribution < 1.29 is 23.7 Å². The number of imidazole rings is 1. The predicted molar refractivity (Wildman–Crippen MR) is 234 cm³/mol. The summed E-state index contributed by atoms with van der Waals surface area (Å²) in [5, 5.41) is 27.4. The Kier molecular flexibility index (Phi) is 12.3. The molecule has 2 aromatic carbocycles. The summed E-state index contributed by atoms with van der Waals surface area (Å²) in [6, 6.07) is 21.4. The van der Waals surface area contributed by atoms with E-state index in [4.69, 9.17) is 10.1 Å². The van der Waals surface area contributed by atoms with E-state index in [0.29, 0.717) is 50.6 Å². The summed E-state index contributed by atoms with van der Waals surface area (Å²) in [4.78, 5) is 68.7. The van der Waals surface area contributed by atoms with Gasteiger partial charge in [0.25, 0.3) is 5.91 Å². The van der Waals surface area contributed by atoms with Crippen LogP contribution >= 0.6 is 11.3 Å². The third-order valence-corrected chi connectivity index (χ3v) is 11.7. The fourth-order valence-electron chi connectivity index (χ4n) is 7.76. The third-order valence-electron chi connectivity index (χ3n) is 10.7. The number of piperazine rings is 1. The summed E-state index contributed by atoms with van der Waals surface area (Å²) < 4.78 is 15.9. The summed E-state index contributed by atoms with van der Waals surface area (Å²) in [5.74, 6) is 0.288. The second-order valence-corrected chi connectivity index (χ2v) is 16.0. The second kappa shape index (κ2) is 18.3. The highest BCUT2D eigenvalue weighted by atomic mass is 32.1. The molecular weight excluding hydrogens is 818 g/mol. The number of amides is 3. The predicted octanol–water partition coefficient (Wildman–Crippen LogP) is 5.51. The van der Waals surface area contributed by atoms with E-state index in [9.17, 15) is 28.9 Å². The van der Waals surface area contributed by atoms with Crippen molar-refractivity contribution in [3.05, 3.63) is 112 Å². The Labute approximate surface area is 359 Å². The molecule has 2 aliphatic heterocycles. The number of pyridine rings is 1. The second-order valence-electron chi connectivity index (χ2n) is 15.0. The molecule has 4 aromatic heterocycles. The maximum absolute atomic E-state index is 14.1. The van der Waals surface area contributed by atoms with Crippen LogP contribution in [-0.2, 0) is 9.59 Å². The number of carbonyl (C=O) groups is 3. The number of aryl methyl sites for hydroxylation is 1. The Bertz CT molecular complexity index is 2650. The number of hydrogen-bond donors (Lipinski definition) is 4. The first kappa shape index (κ1) is 41.7. The van der Waals surface area contributed by atoms with Crippen molar-refractivity contribution in [2.24, 2.45) is 0 Å². The van der Waals surface area contributed by atoms with Gasteiger partial charge in [-0.3, -0.25) is 34.7 Å². The van der Waals surface area contributed by atoms with Crippen LogP contribution in [0.5, 0.6) is 0 Å². The normalized spacial score (nSPS) is 15.4. The monoisotopic (exact) mass is 861 g/mol. The largest absolute Gasteiger partial charge is 0.383 e. The zero-order chi connectivity index (χ0) is 43.3. The summed E-state index contributed by atoms with van der Waals surface area (Å²) >= 11 is 0.747. The maximum atomic E-state index is 14.1. The molecule has 0 radical (unpaired) electrons. The van der Waals surface area contributed by atoms with E-state index < -0.39 is 10.8 Å². The fourth-order valence-corrected chi connectivity index (χ4v) is 8.54. The maximum Gasteiger partial charge on any atom is 0.348 e. The van der Waals surface area contributed by atoms with Crippen LogP contribution in [0, 0.1) is 22.9 Å². The molecule has 6 heterocycles. The quantitative estimate of drug-likeness (QED) is 0.0607. The van der Waals surface area contributed by atoms with Gasteiger partial charge in [0.2, 0.25) is 11.8 Å². The molecule has 2 saturated heterocycles. The third kappa shape index (κ3) is 9.45. The number of benzene rings is 2.